The Morgan fingerprint density at radius 1 is 1.42 bits per heavy atom. The third-order valence-corrected chi connectivity index (χ3v) is 3.60. The zero-order chi connectivity index (χ0) is 13.4. The Morgan fingerprint density at radius 3 is 3.00 bits per heavy atom. The largest absolute Gasteiger partial charge is 0.348 e. The molecular weight excluding hydrogens is 236 g/mol. The van der Waals surface area contributed by atoms with E-state index in [0.717, 1.165) is 40.0 Å². The van der Waals surface area contributed by atoms with Crippen molar-refractivity contribution in [2.24, 2.45) is 4.99 Å². The number of nitrogens with one attached hydrogen (secondary N) is 1. The molecule has 0 spiro atoms. The summed E-state index contributed by atoms with van der Waals surface area (Å²) in [5.41, 5.74) is 6.04. The first kappa shape index (κ1) is 11.7. The molecule has 3 heteroatoms. The van der Waals surface area contributed by atoms with Crippen LogP contribution in [0.15, 0.2) is 53.2 Å². The van der Waals surface area contributed by atoms with Crippen molar-refractivity contribution in [3.8, 4) is 0 Å². The Labute approximate surface area is 113 Å². The molecule has 0 bridgehead atoms. The lowest BCUT2D eigenvalue weighted by Crippen LogP contribution is -2.12. The van der Waals surface area contributed by atoms with Gasteiger partial charge in [-0.2, -0.15) is 0 Å². The van der Waals surface area contributed by atoms with Crippen LogP contribution >= 0.6 is 0 Å². The van der Waals surface area contributed by atoms with E-state index < -0.39 is 0 Å². The minimum absolute atomic E-state index is 0. The molecule has 1 aliphatic carbocycles. The molecule has 0 saturated heterocycles. The number of amides is 1. The van der Waals surface area contributed by atoms with E-state index in [1.165, 1.54) is 0 Å². The molecule has 1 aromatic carbocycles. The molecule has 1 amide bonds. The molecule has 0 atom stereocenters. The van der Waals surface area contributed by atoms with Gasteiger partial charge in [-0.3, -0.25) is 9.79 Å². The Bertz CT molecular complexity index is 671. The van der Waals surface area contributed by atoms with Crippen LogP contribution in [-0.2, 0) is 6.54 Å². The van der Waals surface area contributed by atoms with E-state index in [4.69, 9.17) is 0 Å². The van der Waals surface area contributed by atoms with Crippen LogP contribution in [0.2, 0.25) is 0 Å². The molecule has 2 aliphatic rings. The van der Waals surface area contributed by atoms with Gasteiger partial charge in [-0.25, -0.2) is 0 Å². The van der Waals surface area contributed by atoms with Crippen LogP contribution < -0.4 is 5.32 Å². The first-order valence-corrected chi connectivity index (χ1v) is 6.19. The Morgan fingerprint density at radius 2 is 2.26 bits per heavy atom. The van der Waals surface area contributed by atoms with E-state index in [1.807, 2.05) is 18.2 Å². The van der Waals surface area contributed by atoms with Gasteiger partial charge in [0.15, 0.2) is 0 Å². The summed E-state index contributed by atoms with van der Waals surface area (Å²) >= 11 is 0. The summed E-state index contributed by atoms with van der Waals surface area (Å²) in [6.45, 7) is 8.05. The van der Waals surface area contributed by atoms with Gasteiger partial charge in [0, 0.05) is 25.5 Å². The third kappa shape index (κ3) is 1.74. The fourth-order valence-electron chi connectivity index (χ4n) is 2.62. The molecule has 0 unspecified atom stereocenters. The molecule has 19 heavy (non-hydrogen) atoms. The molecule has 1 aliphatic heterocycles. The third-order valence-electron chi connectivity index (χ3n) is 3.60. The quantitative estimate of drug-likeness (QED) is 0.825. The lowest BCUT2D eigenvalue weighted by atomic mass is 9.97. The normalized spacial score (nSPS) is 17.1. The summed E-state index contributed by atoms with van der Waals surface area (Å²) in [4.78, 5) is 15.6. The van der Waals surface area contributed by atoms with Crippen molar-refractivity contribution >= 4 is 18.2 Å². The Kier molecular flexibility index (Phi) is 2.67. The molecule has 0 aromatic heterocycles. The zero-order valence-electron chi connectivity index (χ0n) is 10.6. The van der Waals surface area contributed by atoms with Gasteiger partial charge >= 0.3 is 0 Å². The predicted octanol–water partition coefficient (Wildman–Crippen LogP) is 3.10. The zero-order valence-corrected chi connectivity index (χ0v) is 10.6. The minimum Gasteiger partial charge on any atom is -0.348 e. The van der Waals surface area contributed by atoms with E-state index in [0.29, 0.717) is 6.54 Å². The minimum atomic E-state index is 0. The van der Waals surface area contributed by atoms with E-state index in [2.05, 4.69) is 35.7 Å². The second kappa shape index (κ2) is 4.35. The number of allylic oxidation sites excluding steroid dienone is 4. The van der Waals surface area contributed by atoms with Crippen molar-refractivity contribution in [1.29, 1.82) is 0 Å². The molecule has 1 N–H and O–H groups in total. The highest BCUT2D eigenvalue weighted by atomic mass is 16.1. The predicted molar refractivity (Wildman–Crippen MR) is 79.1 cm³/mol. The SMILES string of the molecule is C=CC1=C(N=C)CC=C1c1ccc2c(c1)CNC2=O.[HH]. The number of carbonyl (C=O) groups is 1. The lowest BCUT2D eigenvalue weighted by molar-refractivity contribution is 0.0966. The molecule has 3 nitrogen and oxygen atoms in total. The van der Waals surface area contributed by atoms with Gasteiger partial charge in [0.05, 0.1) is 5.70 Å². The number of carbonyl (C=O) groups excluding carboxylic acids is 1. The molecule has 1 heterocycles. The summed E-state index contributed by atoms with van der Waals surface area (Å²) in [6.07, 6.45) is 4.74. The number of fused-ring (bicyclic) bond motifs is 1. The average Bonchev–Trinajstić information content (AvgIpc) is 3.02. The van der Waals surface area contributed by atoms with Gasteiger partial charge in [0.25, 0.3) is 5.91 Å². The summed E-state index contributed by atoms with van der Waals surface area (Å²) in [5.74, 6) is 0.00915. The number of nitrogens with zero attached hydrogens (tertiary/aromatic N) is 1. The summed E-state index contributed by atoms with van der Waals surface area (Å²) in [7, 11) is 0. The number of aliphatic imine (C=N–C) groups is 1. The van der Waals surface area contributed by atoms with E-state index in [-0.39, 0.29) is 7.33 Å². The van der Waals surface area contributed by atoms with E-state index in [1.54, 1.807) is 0 Å². The monoisotopic (exact) mass is 252 g/mol. The van der Waals surface area contributed by atoms with E-state index in [9.17, 15) is 4.79 Å². The molecule has 1 aromatic rings. The lowest BCUT2D eigenvalue weighted by Gasteiger charge is -2.07. The topological polar surface area (TPSA) is 41.5 Å². The Hall–Kier alpha value is -2.42. The maximum Gasteiger partial charge on any atom is 0.251 e. The van der Waals surface area contributed by atoms with Crippen LogP contribution in [-0.4, -0.2) is 12.6 Å². The molecule has 96 valence electrons. The van der Waals surface area contributed by atoms with Crippen LogP contribution in [0.4, 0.5) is 0 Å². The first-order chi connectivity index (χ1) is 9.24. The highest BCUT2D eigenvalue weighted by Gasteiger charge is 2.21. The standard InChI is InChI=1S/C16H14N2O.H2/c1-3-12-13(6-7-15(12)17-2)10-4-5-14-11(8-10)9-18-16(14)19;/h3-6,8H,1-2,7,9H2,(H,18,19);1H. The van der Waals surface area contributed by atoms with Crippen LogP contribution in [0.5, 0.6) is 0 Å². The van der Waals surface area contributed by atoms with E-state index >= 15 is 0 Å². The maximum atomic E-state index is 11.5. The summed E-state index contributed by atoms with van der Waals surface area (Å²) < 4.78 is 0. The van der Waals surface area contributed by atoms with Crippen molar-refractivity contribution in [3.63, 3.8) is 0 Å². The van der Waals surface area contributed by atoms with Crippen molar-refractivity contribution in [2.45, 2.75) is 13.0 Å². The molecule has 3 rings (SSSR count). The highest BCUT2D eigenvalue weighted by Crippen LogP contribution is 2.35. The highest BCUT2D eigenvalue weighted by molar-refractivity contribution is 5.99. The maximum absolute atomic E-state index is 11.5. The number of benzene rings is 1. The molecule has 0 saturated carbocycles. The number of rotatable bonds is 3. The molecule has 0 fully saturated rings. The smallest absolute Gasteiger partial charge is 0.251 e. The Balaban J connectivity index is 0.00000147. The van der Waals surface area contributed by atoms with Crippen LogP contribution in [0.25, 0.3) is 5.57 Å². The summed E-state index contributed by atoms with van der Waals surface area (Å²) in [5, 5.41) is 2.83. The van der Waals surface area contributed by atoms with Crippen molar-refractivity contribution < 1.29 is 6.22 Å². The fourth-order valence-corrected chi connectivity index (χ4v) is 2.62. The summed E-state index contributed by atoms with van der Waals surface area (Å²) in [6, 6.07) is 5.92. The second-order valence-electron chi connectivity index (χ2n) is 4.60. The van der Waals surface area contributed by atoms with Gasteiger partial charge in [0.2, 0.25) is 0 Å². The molecule has 0 radical (unpaired) electrons. The first-order valence-electron chi connectivity index (χ1n) is 6.19. The van der Waals surface area contributed by atoms with Crippen LogP contribution in [0, 0.1) is 0 Å². The van der Waals surface area contributed by atoms with Gasteiger partial charge < -0.3 is 5.32 Å². The van der Waals surface area contributed by atoms with Gasteiger partial charge in [0.1, 0.15) is 0 Å². The van der Waals surface area contributed by atoms with Gasteiger partial charge in [-0.1, -0.05) is 24.8 Å². The van der Waals surface area contributed by atoms with Crippen molar-refractivity contribution in [1.82, 2.24) is 5.32 Å². The van der Waals surface area contributed by atoms with Crippen molar-refractivity contribution in [2.75, 3.05) is 0 Å². The van der Waals surface area contributed by atoms with Gasteiger partial charge in [-0.05, 0) is 35.6 Å². The van der Waals surface area contributed by atoms with Crippen molar-refractivity contribution in [3.05, 3.63) is 64.9 Å². The van der Waals surface area contributed by atoms with Gasteiger partial charge in [-0.15, -0.1) is 0 Å². The average molecular weight is 252 g/mol. The van der Waals surface area contributed by atoms with Crippen LogP contribution in [0.1, 0.15) is 29.3 Å². The number of hydrogen-bond acceptors (Lipinski definition) is 2. The molecular formula is C16H16N2O. The second-order valence-corrected chi connectivity index (χ2v) is 4.60. The fraction of sp³-hybridized carbons (Fsp3) is 0.125. The number of hydrogen-bond donors (Lipinski definition) is 1. The van der Waals surface area contributed by atoms with Crippen LogP contribution in [0.3, 0.4) is 0 Å².